The van der Waals surface area contributed by atoms with Crippen LogP contribution in [0, 0.1) is 6.92 Å². The average Bonchev–Trinajstić information content (AvgIpc) is 3.20. The maximum absolute atomic E-state index is 13.6. The quantitative estimate of drug-likeness (QED) is 0.446. The van der Waals surface area contributed by atoms with Crippen LogP contribution >= 0.6 is 0 Å². The Hall–Kier alpha value is -3.17. The van der Waals surface area contributed by atoms with E-state index in [0.717, 1.165) is 35.0 Å². The molecule has 146 valence electrons. The molecule has 1 atom stereocenters. The van der Waals surface area contributed by atoms with Crippen molar-refractivity contribution in [3.05, 3.63) is 107 Å². The van der Waals surface area contributed by atoms with Gasteiger partial charge in [0.1, 0.15) is 6.54 Å². The van der Waals surface area contributed by atoms with E-state index in [4.69, 9.17) is 0 Å². The number of hydrogen-bond acceptors (Lipinski definition) is 1. The molecule has 1 aromatic heterocycles. The molecule has 0 bridgehead atoms. The Bertz CT molecular complexity index is 1110. The molecule has 3 N–H and O–H groups in total. The molecule has 0 spiro atoms. The molecule has 0 aliphatic rings. The molecular weight excluding hydrogens is 356 g/mol. The molecule has 0 amide bonds. The minimum atomic E-state index is -0.276. The summed E-state index contributed by atoms with van der Waals surface area (Å²) in [7, 11) is 0. The van der Waals surface area contributed by atoms with Gasteiger partial charge in [0.05, 0.1) is 0 Å². The monoisotopic (exact) mass is 383 g/mol. The number of fused-ring (bicyclic) bond motifs is 1. The fourth-order valence-corrected chi connectivity index (χ4v) is 3.92. The van der Waals surface area contributed by atoms with Crippen LogP contribution in [0.15, 0.2) is 79.0 Å². The number of benzene rings is 3. The molecular formula is C26H27N2O+. The molecule has 0 saturated carbocycles. The second kappa shape index (κ2) is 8.46. The zero-order valence-electron chi connectivity index (χ0n) is 17.0. The van der Waals surface area contributed by atoms with Crippen molar-refractivity contribution >= 4 is 16.7 Å². The van der Waals surface area contributed by atoms with Gasteiger partial charge in [-0.3, -0.25) is 4.79 Å². The van der Waals surface area contributed by atoms with Crippen molar-refractivity contribution in [1.29, 1.82) is 0 Å². The normalized spacial score (nSPS) is 12.2. The van der Waals surface area contributed by atoms with Crippen LogP contribution in [-0.4, -0.2) is 10.8 Å². The molecule has 0 aliphatic carbocycles. The number of carbonyl (C=O) groups is 1. The maximum Gasteiger partial charge on any atom is 0.226 e. The van der Waals surface area contributed by atoms with Gasteiger partial charge < -0.3 is 10.3 Å². The van der Waals surface area contributed by atoms with Gasteiger partial charge in [-0.2, -0.15) is 0 Å². The third kappa shape index (κ3) is 4.01. The minimum Gasteiger partial charge on any atom is -0.360 e. The predicted molar refractivity (Wildman–Crippen MR) is 118 cm³/mol. The molecule has 4 aromatic rings. The van der Waals surface area contributed by atoms with E-state index in [-0.39, 0.29) is 11.8 Å². The van der Waals surface area contributed by atoms with E-state index in [1.807, 2.05) is 48.7 Å². The molecule has 0 fully saturated rings. The number of Topliss-reactive ketones (excluding diaryl/α,β-unsaturated/α-hetero) is 1. The van der Waals surface area contributed by atoms with Crippen LogP contribution in [0.4, 0.5) is 0 Å². The first kappa shape index (κ1) is 19.2. The third-order valence-corrected chi connectivity index (χ3v) is 5.60. The fourth-order valence-electron chi connectivity index (χ4n) is 3.92. The Labute approximate surface area is 171 Å². The highest BCUT2D eigenvalue weighted by Crippen LogP contribution is 2.25. The maximum atomic E-state index is 13.6. The minimum absolute atomic E-state index is 0.141. The Morgan fingerprint density at radius 1 is 0.966 bits per heavy atom. The number of aromatic amines is 1. The van der Waals surface area contributed by atoms with Gasteiger partial charge in [-0.25, -0.2) is 0 Å². The summed E-state index contributed by atoms with van der Waals surface area (Å²) in [5, 5.41) is 3.16. The van der Waals surface area contributed by atoms with Crippen LogP contribution in [0.5, 0.6) is 0 Å². The Balaban J connectivity index is 1.67. The number of nitrogens with one attached hydrogen (secondary N) is 1. The van der Waals surface area contributed by atoms with Crippen LogP contribution < -0.4 is 5.32 Å². The zero-order valence-corrected chi connectivity index (χ0v) is 17.0. The van der Waals surface area contributed by atoms with Crippen molar-refractivity contribution in [3.8, 4) is 0 Å². The Morgan fingerprint density at radius 2 is 1.72 bits per heavy atom. The van der Waals surface area contributed by atoms with Crippen LogP contribution in [0.2, 0.25) is 0 Å². The number of quaternary nitrogens is 1. The second-order valence-electron chi connectivity index (χ2n) is 7.57. The molecule has 0 saturated heterocycles. The van der Waals surface area contributed by atoms with Crippen LogP contribution in [0.1, 0.15) is 45.6 Å². The van der Waals surface area contributed by atoms with Crippen LogP contribution in [0.25, 0.3) is 10.9 Å². The van der Waals surface area contributed by atoms with Crippen molar-refractivity contribution in [3.63, 3.8) is 0 Å². The molecule has 3 nitrogen and oxygen atoms in total. The number of para-hydroxylation sites is 1. The van der Waals surface area contributed by atoms with Gasteiger partial charge in [0.2, 0.25) is 5.78 Å². The first-order valence-corrected chi connectivity index (χ1v) is 10.2. The van der Waals surface area contributed by atoms with Crippen molar-refractivity contribution in [2.45, 2.75) is 32.9 Å². The summed E-state index contributed by atoms with van der Waals surface area (Å²) in [5.74, 6) is 0.141. The second-order valence-corrected chi connectivity index (χ2v) is 7.57. The lowest BCUT2D eigenvalue weighted by atomic mass is 9.96. The summed E-state index contributed by atoms with van der Waals surface area (Å²) < 4.78 is 0. The van der Waals surface area contributed by atoms with Crippen molar-refractivity contribution < 1.29 is 10.1 Å². The Morgan fingerprint density at radius 3 is 2.45 bits per heavy atom. The number of H-pyrrole nitrogens is 1. The SMILES string of the molecule is CCc1cccc2c(C(=O)[C@H]([NH2+]Cc3ccc(C)cc3)c3ccccc3)c[nH]c12. The van der Waals surface area contributed by atoms with Crippen molar-refractivity contribution in [1.82, 2.24) is 4.98 Å². The number of aromatic nitrogens is 1. The summed E-state index contributed by atoms with van der Waals surface area (Å²) in [6, 6.07) is 24.5. The molecule has 29 heavy (non-hydrogen) atoms. The van der Waals surface area contributed by atoms with Crippen molar-refractivity contribution in [2.24, 2.45) is 0 Å². The lowest BCUT2D eigenvalue weighted by Gasteiger charge is -2.15. The molecule has 0 radical (unpaired) electrons. The number of carbonyl (C=O) groups excluding carboxylic acids is 1. The van der Waals surface area contributed by atoms with Gasteiger partial charge >= 0.3 is 0 Å². The highest BCUT2D eigenvalue weighted by Gasteiger charge is 2.27. The van der Waals surface area contributed by atoms with E-state index in [1.165, 1.54) is 16.7 Å². The molecule has 3 aromatic carbocycles. The van der Waals surface area contributed by atoms with Gasteiger partial charge in [0.15, 0.2) is 6.04 Å². The smallest absolute Gasteiger partial charge is 0.226 e. The van der Waals surface area contributed by atoms with Gasteiger partial charge in [-0.05, 0) is 18.9 Å². The molecule has 3 heteroatoms. The first-order valence-electron chi connectivity index (χ1n) is 10.2. The average molecular weight is 384 g/mol. The number of rotatable bonds is 7. The third-order valence-electron chi connectivity index (χ3n) is 5.60. The molecule has 1 heterocycles. The van der Waals surface area contributed by atoms with Crippen LogP contribution in [-0.2, 0) is 13.0 Å². The largest absolute Gasteiger partial charge is 0.360 e. The van der Waals surface area contributed by atoms with Crippen molar-refractivity contribution in [2.75, 3.05) is 0 Å². The van der Waals surface area contributed by atoms with E-state index in [2.05, 4.69) is 54.5 Å². The molecule has 0 aliphatic heterocycles. The lowest BCUT2D eigenvalue weighted by molar-refractivity contribution is -0.696. The zero-order chi connectivity index (χ0) is 20.2. The topological polar surface area (TPSA) is 49.5 Å². The highest BCUT2D eigenvalue weighted by molar-refractivity contribution is 6.10. The van der Waals surface area contributed by atoms with Gasteiger partial charge in [0.25, 0.3) is 0 Å². The highest BCUT2D eigenvalue weighted by atomic mass is 16.1. The van der Waals surface area contributed by atoms with Gasteiger partial charge in [-0.1, -0.05) is 85.3 Å². The van der Waals surface area contributed by atoms with E-state index in [1.54, 1.807) is 0 Å². The summed E-state index contributed by atoms with van der Waals surface area (Å²) >= 11 is 0. The standard InChI is InChI=1S/C26H26N2O/c1-3-20-10-7-11-22-23(17-28-24(20)22)26(29)25(21-8-5-4-6-9-21)27-16-19-14-12-18(2)13-15-19/h4-15,17,25,27-28H,3,16H2,1-2H3/p+1/t25-/m1/s1. The number of aryl methyl sites for hydroxylation is 2. The number of nitrogens with two attached hydrogens (primary N) is 1. The van der Waals surface area contributed by atoms with E-state index in [9.17, 15) is 4.79 Å². The fraction of sp³-hybridized carbons (Fsp3) is 0.192. The summed E-state index contributed by atoms with van der Waals surface area (Å²) in [6.07, 6.45) is 2.81. The van der Waals surface area contributed by atoms with E-state index >= 15 is 0 Å². The van der Waals surface area contributed by atoms with Crippen LogP contribution in [0.3, 0.4) is 0 Å². The summed E-state index contributed by atoms with van der Waals surface area (Å²) in [6.45, 7) is 4.98. The first-order chi connectivity index (χ1) is 14.2. The predicted octanol–water partition coefficient (Wildman–Crippen LogP) is 4.73. The van der Waals surface area contributed by atoms with E-state index < -0.39 is 0 Å². The van der Waals surface area contributed by atoms with Gasteiger partial charge in [-0.15, -0.1) is 0 Å². The summed E-state index contributed by atoms with van der Waals surface area (Å²) in [5.41, 5.74) is 6.58. The Kier molecular flexibility index (Phi) is 5.59. The molecule has 4 rings (SSSR count). The lowest BCUT2D eigenvalue weighted by Crippen LogP contribution is -2.85. The number of hydrogen-bond donors (Lipinski definition) is 2. The van der Waals surface area contributed by atoms with Gasteiger partial charge in [0, 0.05) is 33.8 Å². The molecule has 0 unspecified atom stereocenters. The summed E-state index contributed by atoms with van der Waals surface area (Å²) in [4.78, 5) is 17.0. The number of ketones is 1. The van der Waals surface area contributed by atoms with E-state index in [0.29, 0.717) is 0 Å².